The third kappa shape index (κ3) is 3.29. The van der Waals surface area contributed by atoms with Crippen LogP contribution in [0.3, 0.4) is 0 Å². The maximum absolute atomic E-state index is 13.5. The second-order valence-electron chi connectivity index (χ2n) is 7.72. The van der Waals surface area contributed by atoms with Crippen molar-refractivity contribution in [2.24, 2.45) is 5.92 Å². The van der Waals surface area contributed by atoms with E-state index in [9.17, 15) is 27.6 Å². The summed E-state index contributed by atoms with van der Waals surface area (Å²) in [4.78, 5) is 42.8. The van der Waals surface area contributed by atoms with E-state index in [2.05, 4.69) is 4.98 Å². The van der Waals surface area contributed by atoms with Gasteiger partial charge in [-0.3, -0.25) is 14.4 Å². The van der Waals surface area contributed by atoms with E-state index in [1.54, 1.807) is 0 Å². The normalized spacial score (nSPS) is 22.8. The molecule has 32 heavy (non-hydrogen) atoms. The molecule has 1 aromatic heterocycles. The van der Waals surface area contributed by atoms with Crippen LogP contribution in [0.15, 0.2) is 58.4 Å². The first kappa shape index (κ1) is 21.0. The maximum Gasteiger partial charge on any atom is 0.416 e. The van der Waals surface area contributed by atoms with Crippen LogP contribution in [0.1, 0.15) is 27.5 Å². The molecule has 10 heteroatoms. The number of carbonyl (C=O) groups excluding carboxylic acids is 2. The molecule has 1 N–H and O–H groups in total. The van der Waals surface area contributed by atoms with Gasteiger partial charge in [0.1, 0.15) is 5.25 Å². The molecule has 0 unspecified atom stereocenters. The largest absolute Gasteiger partial charge is 0.416 e. The van der Waals surface area contributed by atoms with Gasteiger partial charge >= 0.3 is 11.0 Å². The predicted molar refractivity (Wildman–Crippen MR) is 115 cm³/mol. The van der Waals surface area contributed by atoms with Gasteiger partial charge in [-0.25, -0.2) is 4.90 Å². The number of imide groups is 1. The molecule has 0 spiro atoms. The van der Waals surface area contributed by atoms with Crippen LogP contribution >= 0.6 is 23.1 Å². The number of amides is 2. The first-order valence-electron chi connectivity index (χ1n) is 9.66. The number of halogens is 3. The van der Waals surface area contributed by atoms with Crippen molar-refractivity contribution in [1.29, 1.82) is 0 Å². The van der Waals surface area contributed by atoms with Crippen LogP contribution in [0.2, 0.25) is 0 Å². The Morgan fingerprint density at radius 3 is 2.41 bits per heavy atom. The van der Waals surface area contributed by atoms with E-state index >= 15 is 0 Å². The molecule has 2 amide bonds. The number of thiazole rings is 1. The number of hydrogen-bond acceptors (Lipinski definition) is 5. The van der Waals surface area contributed by atoms with Crippen molar-refractivity contribution in [3.63, 3.8) is 0 Å². The topological polar surface area (TPSA) is 70.2 Å². The maximum atomic E-state index is 13.5. The number of rotatable bonds is 2. The predicted octanol–water partition coefficient (Wildman–Crippen LogP) is 4.56. The van der Waals surface area contributed by atoms with E-state index in [1.807, 2.05) is 31.2 Å². The molecule has 0 saturated carbocycles. The van der Waals surface area contributed by atoms with Gasteiger partial charge in [0, 0.05) is 10.8 Å². The van der Waals surface area contributed by atoms with E-state index in [0.717, 1.165) is 51.3 Å². The smallest absolute Gasteiger partial charge is 0.307 e. The third-order valence-electron chi connectivity index (χ3n) is 5.69. The highest BCUT2D eigenvalue weighted by Crippen LogP contribution is 2.53. The molecule has 3 heterocycles. The van der Waals surface area contributed by atoms with E-state index in [4.69, 9.17) is 0 Å². The number of aromatic nitrogens is 1. The lowest BCUT2D eigenvalue weighted by Gasteiger charge is -2.29. The van der Waals surface area contributed by atoms with Crippen molar-refractivity contribution < 1.29 is 22.8 Å². The van der Waals surface area contributed by atoms with E-state index in [0.29, 0.717) is 9.90 Å². The van der Waals surface area contributed by atoms with Gasteiger partial charge in [0.25, 0.3) is 0 Å². The number of alkyl halides is 3. The molecule has 1 saturated heterocycles. The summed E-state index contributed by atoms with van der Waals surface area (Å²) in [6.45, 7) is 1.92. The highest BCUT2D eigenvalue weighted by molar-refractivity contribution is 8.00. The Bertz CT molecular complexity index is 1300. The van der Waals surface area contributed by atoms with Gasteiger partial charge in [-0.05, 0) is 30.7 Å². The summed E-state index contributed by atoms with van der Waals surface area (Å²) in [7, 11) is 0. The van der Waals surface area contributed by atoms with Crippen LogP contribution in [0.25, 0.3) is 0 Å². The molecule has 5 nitrogen and oxygen atoms in total. The first-order valence-corrected chi connectivity index (χ1v) is 11.4. The van der Waals surface area contributed by atoms with Crippen molar-refractivity contribution in [1.82, 2.24) is 4.98 Å². The Balaban J connectivity index is 1.62. The minimum atomic E-state index is -4.60. The molecule has 2 aliphatic heterocycles. The van der Waals surface area contributed by atoms with Gasteiger partial charge in [0.2, 0.25) is 11.8 Å². The summed E-state index contributed by atoms with van der Waals surface area (Å²) < 4.78 is 39.6. The van der Waals surface area contributed by atoms with Crippen molar-refractivity contribution in [2.75, 3.05) is 4.90 Å². The molecule has 3 aromatic rings. The highest BCUT2D eigenvalue weighted by atomic mass is 32.2. The van der Waals surface area contributed by atoms with Gasteiger partial charge in [-0.1, -0.05) is 59.0 Å². The summed E-state index contributed by atoms with van der Waals surface area (Å²) in [5.74, 6) is -2.53. The third-order valence-corrected chi connectivity index (χ3v) is 8.09. The summed E-state index contributed by atoms with van der Waals surface area (Å²) in [6.07, 6.45) is -4.60. The Morgan fingerprint density at radius 2 is 1.72 bits per heavy atom. The average Bonchev–Trinajstić information content (AvgIpc) is 3.23. The Kier molecular flexibility index (Phi) is 4.82. The second-order valence-corrected chi connectivity index (χ2v) is 9.89. The van der Waals surface area contributed by atoms with Crippen LogP contribution in [-0.4, -0.2) is 22.0 Å². The summed E-state index contributed by atoms with van der Waals surface area (Å²) in [5, 5.41) is -0.319. The number of fused-ring (bicyclic) bond motifs is 2. The lowest BCUT2D eigenvalue weighted by Crippen LogP contribution is -2.32. The average molecular weight is 477 g/mol. The number of nitrogens with one attached hydrogen (secondary N) is 1. The number of anilines is 1. The monoisotopic (exact) mass is 476 g/mol. The van der Waals surface area contributed by atoms with Crippen molar-refractivity contribution in [3.05, 3.63) is 79.8 Å². The molecule has 2 aliphatic rings. The Morgan fingerprint density at radius 1 is 1.00 bits per heavy atom. The summed E-state index contributed by atoms with van der Waals surface area (Å²) >= 11 is 2.08. The molecular formula is C22H15F3N2O3S2. The highest BCUT2D eigenvalue weighted by Gasteiger charge is 2.56. The van der Waals surface area contributed by atoms with Gasteiger partial charge in [0.05, 0.1) is 22.2 Å². The standard InChI is InChI=1S/C22H15F3N2O3S2/c1-10-5-7-11(8-6-10)14-15-17(31-18-16(14)32-21(30)26-18)20(29)27(19(15)28)13-4-2-3-12(9-13)22(23,24)25/h2-9,14-15,17H,1H3,(H,26,30)/t14-,15+,17-/m0/s1. The van der Waals surface area contributed by atoms with Crippen LogP contribution < -0.4 is 9.77 Å². The van der Waals surface area contributed by atoms with E-state index < -0.39 is 40.6 Å². The number of benzene rings is 2. The van der Waals surface area contributed by atoms with Crippen LogP contribution in [0.4, 0.5) is 18.9 Å². The fraction of sp³-hybridized carbons (Fsp3) is 0.227. The second kappa shape index (κ2) is 7.35. The molecule has 164 valence electrons. The minimum Gasteiger partial charge on any atom is -0.307 e. The van der Waals surface area contributed by atoms with Gasteiger partial charge < -0.3 is 4.98 Å². The number of carbonyl (C=O) groups is 2. The Hall–Kier alpha value is -2.85. The zero-order valence-corrected chi connectivity index (χ0v) is 18.1. The number of H-pyrrole nitrogens is 1. The fourth-order valence-corrected chi connectivity index (χ4v) is 6.74. The molecule has 2 aromatic carbocycles. The van der Waals surface area contributed by atoms with Gasteiger partial charge in [-0.15, -0.1) is 0 Å². The molecule has 0 radical (unpaired) electrons. The zero-order chi connectivity index (χ0) is 22.8. The first-order chi connectivity index (χ1) is 15.1. The number of thioether (sulfide) groups is 1. The number of nitrogens with zero attached hydrogens (tertiary/aromatic N) is 1. The fourth-order valence-electron chi connectivity index (χ4n) is 4.23. The number of aryl methyl sites for hydroxylation is 1. The van der Waals surface area contributed by atoms with Crippen LogP contribution in [-0.2, 0) is 15.8 Å². The molecule has 0 aliphatic carbocycles. The van der Waals surface area contributed by atoms with Crippen molar-refractivity contribution in [3.8, 4) is 0 Å². The van der Waals surface area contributed by atoms with Crippen LogP contribution in [0, 0.1) is 12.8 Å². The molecule has 1 fully saturated rings. The number of hydrogen-bond donors (Lipinski definition) is 1. The van der Waals surface area contributed by atoms with E-state index in [-0.39, 0.29) is 10.6 Å². The molecule has 3 atom stereocenters. The zero-order valence-electron chi connectivity index (χ0n) is 16.5. The summed E-state index contributed by atoms with van der Waals surface area (Å²) in [6, 6.07) is 11.7. The lowest BCUT2D eigenvalue weighted by atomic mass is 9.83. The summed E-state index contributed by atoms with van der Waals surface area (Å²) in [5.41, 5.74) is 0.743. The molecule has 5 rings (SSSR count). The van der Waals surface area contributed by atoms with Gasteiger partial charge in [-0.2, -0.15) is 13.2 Å². The molecular weight excluding hydrogens is 461 g/mol. The van der Waals surface area contributed by atoms with Crippen LogP contribution in [0.5, 0.6) is 0 Å². The van der Waals surface area contributed by atoms with Crippen molar-refractivity contribution >= 4 is 40.6 Å². The lowest BCUT2D eigenvalue weighted by molar-refractivity contribution is -0.137. The van der Waals surface area contributed by atoms with Crippen molar-refractivity contribution in [2.45, 2.75) is 29.3 Å². The SMILES string of the molecule is Cc1ccc([C@@H]2c3sc(=O)[nH]c3S[C@@H]3C(=O)N(c4cccc(C(F)(F)F)c4)C(=O)[C@H]23)cc1. The minimum absolute atomic E-state index is 0.107. The number of aromatic amines is 1. The molecule has 0 bridgehead atoms. The van der Waals surface area contributed by atoms with E-state index in [1.165, 1.54) is 12.1 Å². The Labute approximate surface area is 188 Å². The quantitative estimate of drug-likeness (QED) is 0.551. The van der Waals surface area contributed by atoms with Gasteiger partial charge in [0.15, 0.2) is 0 Å².